The van der Waals surface area contributed by atoms with Gasteiger partial charge in [-0.05, 0) is 12.1 Å². The third-order valence-electron chi connectivity index (χ3n) is 1.75. The lowest BCUT2D eigenvalue weighted by atomic mass is 10.1. The van der Waals surface area contributed by atoms with Crippen molar-refractivity contribution in [3.8, 4) is 11.8 Å². The van der Waals surface area contributed by atoms with Crippen LogP contribution in [0.4, 0.5) is 0 Å². The van der Waals surface area contributed by atoms with Crippen LogP contribution in [0.1, 0.15) is 15.9 Å². The molecule has 0 amide bonds. The van der Waals surface area contributed by atoms with Gasteiger partial charge in [-0.15, -0.1) is 0 Å². The van der Waals surface area contributed by atoms with E-state index in [1.807, 2.05) is 0 Å². The molecule has 6 nitrogen and oxygen atoms in total. The lowest BCUT2D eigenvalue weighted by Crippen LogP contribution is -2.14. The van der Waals surface area contributed by atoms with Gasteiger partial charge in [-0.2, -0.15) is 0 Å². The van der Waals surface area contributed by atoms with Gasteiger partial charge < -0.3 is 5.11 Å². The van der Waals surface area contributed by atoms with Crippen LogP contribution < -0.4 is 5.14 Å². The number of primary sulfonamides is 1. The third-order valence-corrected chi connectivity index (χ3v) is 2.72. The van der Waals surface area contributed by atoms with Crippen LogP contribution in [-0.2, 0) is 14.8 Å². The van der Waals surface area contributed by atoms with Crippen molar-refractivity contribution in [2.45, 2.75) is 4.90 Å². The standard InChI is InChI=1S/C10H7NO5S/c11-17(15,16)9-3-1-7(6-12)5-8(9)2-4-10(13)14/h1,3,5-6H,(H,13,14)(H2,11,15,16). The quantitative estimate of drug-likeness (QED) is 0.549. The van der Waals surface area contributed by atoms with Gasteiger partial charge in [0, 0.05) is 17.0 Å². The molecule has 0 radical (unpaired) electrons. The smallest absolute Gasteiger partial charge is 0.382 e. The largest absolute Gasteiger partial charge is 0.472 e. The molecule has 3 N–H and O–H groups in total. The van der Waals surface area contributed by atoms with Crippen molar-refractivity contribution in [1.29, 1.82) is 0 Å². The van der Waals surface area contributed by atoms with E-state index in [-0.39, 0.29) is 16.0 Å². The van der Waals surface area contributed by atoms with E-state index in [9.17, 15) is 18.0 Å². The Balaban J connectivity index is 3.49. The molecule has 0 aliphatic rings. The van der Waals surface area contributed by atoms with E-state index in [1.165, 1.54) is 6.07 Å². The molecule has 7 heteroatoms. The van der Waals surface area contributed by atoms with Crippen LogP contribution in [0.25, 0.3) is 0 Å². The number of rotatable bonds is 2. The molecule has 0 saturated heterocycles. The van der Waals surface area contributed by atoms with Crippen molar-refractivity contribution in [1.82, 2.24) is 0 Å². The first-order valence-corrected chi connectivity index (χ1v) is 5.76. The summed E-state index contributed by atoms with van der Waals surface area (Å²) in [6, 6.07) is 3.51. The summed E-state index contributed by atoms with van der Waals surface area (Å²) in [5.74, 6) is 2.47. The first kappa shape index (κ1) is 12.9. The second-order valence-electron chi connectivity index (χ2n) is 2.97. The number of aldehydes is 1. The third kappa shape index (κ3) is 3.41. The van der Waals surface area contributed by atoms with Crippen LogP contribution in [0.15, 0.2) is 23.1 Å². The Morgan fingerprint density at radius 2 is 2.06 bits per heavy atom. The number of hydrogen-bond donors (Lipinski definition) is 2. The number of carboxylic acid groups (broad SMARTS) is 1. The zero-order chi connectivity index (χ0) is 13.1. The summed E-state index contributed by atoms with van der Waals surface area (Å²) in [5, 5.41) is 13.3. The number of hydrogen-bond acceptors (Lipinski definition) is 4. The number of carbonyl (C=O) groups is 2. The van der Waals surface area contributed by atoms with Crippen molar-refractivity contribution >= 4 is 22.3 Å². The van der Waals surface area contributed by atoms with E-state index in [0.717, 1.165) is 12.1 Å². The van der Waals surface area contributed by atoms with Crippen LogP contribution in [0.5, 0.6) is 0 Å². The molecule has 0 fully saturated rings. The molecule has 88 valence electrons. The highest BCUT2D eigenvalue weighted by Gasteiger charge is 2.13. The molecule has 0 spiro atoms. The number of benzene rings is 1. The Kier molecular flexibility index (Phi) is 3.62. The van der Waals surface area contributed by atoms with E-state index in [2.05, 4.69) is 5.92 Å². The van der Waals surface area contributed by atoms with Crippen LogP contribution in [0.2, 0.25) is 0 Å². The molecule has 0 atom stereocenters. The highest BCUT2D eigenvalue weighted by Crippen LogP contribution is 2.14. The molecule has 0 bridgehead atoms. The summed E-state index contributed by atoms with van der Waals surface area (Å²) in [6.07, 6.45) is 0.485. The Bertz CT molecular complexity index is 636. The van der Waals surface area contributed by atoms with E-state index >= 15 is 0 Å². The topological polar surface area (TPSA) is 115 Å². The highest BCUT2D eigenvalue weighted by atomic mass is 32.2. The average Bonchev–Trinajstić information content (AvgIpc) is 2.24. The number of aliphatic carboxylic acids is 1. The maximum Gasteiger partial charge on any atom is 0.382 e. The fourth-order valence-electron chi connectivity index (χ4n) is 1.09. The predicted molar refractivity (Wildman–Crippen MR) is 57.7 cm³/mol. The minimum atomic E-state index is -4.02. The number of sulfonamides is 1. The Hall–Kier alpha value is -2.17. The fourth-order valence-corrected chi connectivity index (χ4v) is 1.76. The van der Waals surface area contributed by atoms with Gasteiger partial charge in [-0.1, -0.05) is 12.0 Å². The van der Waals surface area contributed by atoms with Gasteiger partial charge >= 0.3 is 5.97 Å². The predicted octanol–water partition coefficient (Wildman–Crippen LogP) is -0.417. The molecule has 1 aromatic rings. The Morgan fingerprint density at radius 1 is 1.41 bits per heavy atom. The maximum atomic E-state index is 11.2. The summed E-state index contributed by atoms with van der Waals surface area (Å²) in [4.78, 5) is 20.5. The SMILES string of the molecule is NS(=O)(=O)c1ccc(C=O)cc1C#CC(=O)O. The number of carbonyl (C=O) groups excluding carboxylic acids is 1. The van der Waals surface area contributed by atoms with Crippen LogP contribution in [0, 0.1) is 11.8 Å². The van der Waals surface area contributed by atoms with Gasteiger partial charge in [0.1, 0.15) is 6.29 Å². The zero-order valence-electron chi connectivity index (χ0n) is 8.38. The van der Waals surface area contributed by atoms with E-state index in [0.29, 0.717) is 6.29 Å². The van der Waals surface area contributed by atoms with Crippen molar-refractivity contribution in [2.75, 3.05) is 0 Å². The second-order valence-corrected chi connectivity index (χ2v) is 4.50. The minimum absolute atomic E-state index is 0.125. The number of nitrogens with two attached hydrogens (primary N) is 1. The lowest BCUT2D eigenvalue weighted by molar-refractivity contribution is -0.130. The molecule has 17 heavy (non-hydrogen) atoms. The van der Waals surface area contributed by atoms with Crippen molar-refractivity contribution < 1.29 is 23.1 Å². The van der Waals surface area contributed by atoms with Crippen molar-refractivity contribution in [2.24, 2.45) is 5.14 Å². The van der Waals surface area contributed by atoms with Gasteiger partial charge in [0.15, 0.2) is 0 Å². The molecule has 0 aliphatic carbocycles. The van der Waals surface area contributed by atoms with Gasteiger partial charge in [-0.25, -0.2) is 18.4 Å². The van der Waals surface area contributed by atoms with Crippen LogP contribution in [-0.4, -0.2) is 25.8 Å². The molecule has 0 heterocycles. The molecule has 1 rings (SSSR count). The Morgan fingerprint density at radius 3 is 2.53 bits per heavy atom. The first-order chi connectivity index (χ1) is 7.84. The summed E-state index contributed by atoms with van der Waals surface area (Å²) >= 11 is 0. The van der Waals surface area contributed by atoms with Crippen LogP contribution >= 0.6 is 0 Å². The normalized spacial score (nSPS) is 10.2. The fraction of sp³-hybridized carbons (Fsp3) is 0. The highest BCUT2D eigenvalue weighted by molar-refractivity contribution is 7.89. The summed E-state index contributed by atoms with van der Waals surface area (Å²) in [5.41, 5.74) is 0.0478. The minimum Gasteiger partial charge on any atom is -0.472 e. The molecule has 0 unspecified atom stereocenters. The van der Waals surface area contributed by atoms with Crippen molar-refractivity contribution in [3.05, 3.63) is 29.3 Å². The van der Waals surface area contributed by atoms with Gasteiger partial charge in [-0.3, -0.25) is 4.79 Å². The molecule has 0 saturated carbocycles. The van der Waals surface area contributed by atoms with Gasteiger partial charge in [0.2, 0.25) is 10.0 Å². The average molecular weight is 253 g/mol. The maximum absolute atomic E-state index is 11.2. The van der Waals surface area contributed by atoms with Gasteiger partial charge in [0.05, 0.1) is 4.90 Å². The number of carboxylic acids is 1. The Labute approximate surface area is 97.1 Å². The first-order valence-electron chi connectivity index (χ1n) is 4.21. The second kappa shape index (κ2) is 4.78. The van der Waals surface area contributed by atoms with E-state index in [1.54, 1.807) is 5.92 Å². The molecule has 0 aromatic heterocycles. The van der Waals surface area contributed by atoms with Crippen LogP contribution in [0.3, 0.4) is 0 Å². The summed E-state index contributed by atoms with van der Waals surface area (Å²) in [6.45, 7) is 0. The summed E-state index contributed by atoms with van der Waals surface area (Å²) in [7, 11) is -4.02. The molecular weight excluding hydrogens is 246 g/mol. The monoisotopic (exact) mass is 253 g/mol. The van der Waals surface area contributed by atoms with Crippen molar-refractivity contribution in [3.63, 3.8) is 0 Å². The molecule has 0 aliphatic heterocycles. The van der Waals surface area contributed by atoms with E-state index in [4.69, 9.17) is 10.2 Å². The summed E-state index contributed by atoms with van der Waals surface area (Å²) < 4.78 is 22.3. The molecule has 1 aromatic carbocycles. The molecular formula is C10H7NO5S. The van der Waals surface area contributed by atoms with Gasteiger partial charge in [0.25, 0.3) is 0 Å². The zero-order valence-corrected chi connectivity index (χ0v) is 9.19. The lowest BCUT2D eigenvalue weighted by Gasteiger charge is -2.02. The van der Waals surface area contributed by atoms with E-state index < -0.39 is 16.0 Å².